The van der Waals surface area contributed by atoms with Crippen LogP contribution in [0, 0.1) is 12.8 Å². The van der Waals surface area contributed by atoms with E-state index in [9.17, 15) is 13.2 Å². The molecule has 6 nitrogen and oxygen atoms in total. The van der Waals surface area contributed by atoms with Crippen LogP contribution in [-0.4, -0.2) is 45.4 Å². The fourth-order valence-electron chi connectivity index (χ4n) is 3.75. The highest BCUT2D eigenvalue weighted by atomic mass is 32.2. The van der Waals surface area contributed by atoms with Gasteiger partial charge in [0.2, 0.25) is 15.9 Å². The zero-order valence-corrected chi connectivity index (χ0v) is 18.9. The fraction of sp³-hybridized carbons (Fsp3) is 0.375. The van der Waals surface area contributed by atoms with E-state index in [2.05, 4.69) is 11.4 Å². The first kappa shape index (κ1) is 23.0. The molecule has 31 heavy (non-hydrogen) atoms. The van der Waals surface area contributed by atoms with Crippen LogP contribution in [0.15, 0.2) is 53.9 Å². The predicted molar refractivity (Wildman–Crippen MR) is 123 cm³/mol. The van der Waals surface area contributed by atoms with Gasteiger partial charge in [-0.2, -0.15) is 4.31 Å². The SMILES string of the molecule is COc1ccc(C)cc1CCNC(=O)C1CCN(S(=O)(=O)/C=C/c2ccccc2)CC1. The lowest BCUT2D eigenvalue weighted by Gasteiger charge is -2.29. The number of hydrogen-bond acceptors (Lipinski definition) is 4. The van der Waals surface area contributed by atoms with Gasteiger partial charge in [-0.05, 0) is 49.5 Å². The topological polar surface area (TPSA) is 75.7 Å². The third-order valence-electron chi connectivity index (χ3n) is 5.55. The first-order valence-corrected chi connectivity index (χ1v) is 12.0. The Kier molecular flexibility index (Phi) is 7.87. The van der Waals surface area contributed by atoms with Gasteiger partial charge in [-0.1, -0.05) is 48.0 Å². The highest BCUT2D eigenvalue weighted by Gasteiger charge is 2.29. The number of rotatable bonds is 8. The summed E-state index contributed by atoms with van der Waals surface area (Å²) >= 11 is 0. The molecule has 1 aliphatic heterocycles. The lowest BCUT2D eigenvalue weighted by molar-refractivity contribution is -0.126. The third kappa shape index (κ3) is 6.42. The molecule has 166 valence electrons. The number of amides is 1. The van der Waals surface area contributed by atoms with Gasteiger partial charge in [0, 0.05) is 31.0 Å². The Hall–Kier alpha value is -2.64. The molecule has 1 amide bonds. The molecule has 0 aromatic heterocycles. The van der Waals surface area contributed by atoms with Crippen LogP contribution in [0.4, 0.5) is 0 Å². The molecule has 1 N–H and O–H groups in total. The van der Waals surface area contributed by atoms with Crippen LogP contribution >= 0.6 is 0 Å². The van der Waals surface area contributed by atoms with E-state index in [0.717, 1.165) is 22.4 Å². The molecule has 7 heteroatoms. The molecule has 3 rings (SSSR count). The summed E-state index contributed by atoms with van der Waals surface area (Å²) in [6.45, 7) is 3.26. The summed E-state index contributed by atoms with van der Waals surface area (Å²) in [6, 6.07) is 15.3. The number of carbonyl (C=O) groups excluding carboxylic acids is 1. The Balaban J connectivity index is 1.47. The molecule has 1 saturated heterocycles. The van der Waals surface area contributed by atoms with Crippen LogP contribution in [0.2, 0.25) is 0 Å². The smallest absolute Gasteiger partial charge is 0.236 e. The molecule has 2 aromatic rings. The molecule has 1 fully saturated rings. The highest BCUT2D eigenvalue weighted by molar-refractivity contribution is 7.92. The molecular weight excluding hydrogens is 412 g/mol. The quantitative estimate of drug-likeness (QED) is 0.680. The number of methoxy groups -OCH3 is 1. The summed E-state index contributed by atoms with van der Waals surface area (Å²) < 4.78 is 32.0. The van der Waals surface area contributed by atoms with E-state index in [1.807, 2.05) is 49.4 Å². The number of nitrogens with one attached hydrogen (secondary N) is 1. The van der Waals surface area contributed by atoms with Gasteiger partial charge in [0.05, 0.1) is 7.11 Å². The Morgan fingerprint density at radius 3 is 2.55 bits per heavy atom. The van der Waals surface area contributed by atoms with Crippen LogP contribution in [0.25, 0.3) is 6.08 Å². The zero-order valence-electron chi connectivity index (χ0n) is 18.1. The van der Waals surface area contributed by atoms with Crippen molar-refractivity contribution < 1.29 is 17.9 Å². The lowest BCUT2D eigenvalue weighted by Crippen LogP contribution is -2.42. The molecule has 0 spiro atoms. The Labute approximate surface area is 185 Å². The van der Waals surface area contributed by atoms with Crippen molar-refractivity contribution in [3.05, 3.63) is 70.6 Å². The van der Waals surface area contributed by atoms with Gasteiger partial charge in [0.1, 0.15) is 5.75 Å². The normalized spacial score (nSPS) is 15.8. The van der Waals surface area contributed by atoms with E-state index in [1.54, 1.807) is 13.2 Å². The van der Waals surface area contributed by atoms with E-state index >= 15 is 0 Å². The molecule has 0 unspecified atom stereocenters. The number of nitrogens with zero attached hydrogens (tertiary/aromatic N) is 1. The molecule has 0 bridgehead atoms. The summed E-state index contributed by atoms with van der Waals surface area (Å²) in [5.41, 5.74) is 3.05. The van der Waals surface area contributed by atoms with Gasteiger partial charge in [-0.25, -0.2) is 8.42 Å². The number of piperidine rings is 1. The maximum Gasteiger partial charge on any atom is 0.236 e. The van der Waals surface area contributed by atoms with Gasteiger partial charge in [-0.15, -0.1) is 0 Å². The molecule has 0 aliphatic carbocycles. The minimum atomic E-state index is -3.49. The average Bonchev–Trinajstić information content (AvgIpc) is 2.79. The molecule has 0 radical (unpaired) electrons. The Bertz CT molecular complexity index is 1010. The van der Waals surface area contributed by atoms with Crippen molar-refractivity contribution in [3.63, 3.8) is 0 Å². The van der Waals surface area contributed by atoms with E-state index in [1.165, 1.54) is 9.71 Å². The Morgan fingerprint density at radius 1 is 1.16 bits per heavy atom. The number of aryl methyl sites for hydroxylation is 1. The van der Waals surface area contributed by atoms with Crippen molar-refractivity contribution >= 4 is 22.0 Å². The molecule has 0 atom stereocenters. The summed E-state index contributed by atoms with van der Waals surface area (Å²) in [4.78, 5) is 12.6. The van der Waals surface area contributed by atoms with Gasteiger partial charge in [0.15, 0.2) is 0 Å². The van der Waals surface area contributed by atoms with Gasteiger partial charge >= 0.3 is 0 Å². The predicted octanol–water partition coefficient (Wildman–Crippen LogP) is 3.38. The van der Waals surface area contributed by atoms with Crippen LogP contribution in [0.5, 0.6) is 5.75 Å². The van der Waals surface area contributed by atoms with Crippen LogP contribution in [0.3, 0.4) is 0 Å². The second-order valence-corrected chi connectivity index (χ2v) is 9.61. The number of hydrogen-bond donors (Lipinski definition) is 1. The van der Waals surface area contributed by atoms with Crippen molar-refractivity contribution in [2.45, 2.75) is 26.2 Å². The van der Waals surface area contributed by atoms with E-state index < -0.39 is 10.0 Å². The van der Waals surface area contributed by atoms with Crippen molar-refractivity contribution in [2.75, 3.05) is 26.7 Å². The van der Waals surface area contributed by atoms with Crippen LogP contribution in [-0.2, 0) is 21.2 Å². The molecular formula is C24H30N2O4S. The van der Waals surface area contributed by atoms with Crippen molar-refractivity contribution in [3.8, 4) is 5.75 Å². The third-order valence-corrected chi connectivity index (χ3v) is 7.11. The first-order valence-electron chi connectivity index (χ1n) is 10.5. The molecule has 2 aromatic carbocycles. The van der Waals surface area contributed by atoms with Crippen molar-refractivity contribution in [1.82, 2.24) is 9.62 Å². The number of ether oxygens (including phenoxy) is 1. The standard InChI is InChI=1S/C24H30N2O4S/c1-19-8-9-23(30-2)22(18-19)10-14-25-24(27)21-11-15-26(16-12-21)31(28,29)17-13-20-6-4-3-5-7-20/h3-9,13,17-18,21H,10-12,14-16H2,1-2H3,(H,25,27)/b17-13+. The summed E-state index contributed by atoms with van der Waals surface area (Å²) in [6.07, 6.45) is 3.35. The Morgan fingerprint density at radius 2 is 1.87 bits per heavy atom. The molecule has 1 aliphatic rings. The maximum atomic E-state index is 12.6. The summed E-state index contributed by atoms with van der Waals surface area (Å²) in [7, 11) is -1.85. The minimum absolute atomic E-state index is 0.0107. The second-order valence-electron chi connectivity index (χ2n) is 7.79. The molecule has 0 saturated carbocycles. The largest absolute Gasteiger partial charge is 0.496 e. The number of sulfonamides is 1. The highest BCUT2D eigenvalue weighted by Crippen LogP contribution is 2.22. The summed E-state index contributed by atoms with van der Waals surface area (Å²) in [5, 5.41) is 4.24. The lowest BCUT2D eigenvalue weighted by atomic mass is 9.97. The van der Waals surface area contributed by atoms with Crippen LogP contribution < -0.4 is 10.1 Å². The second kappa shape index (κ2) is 10.6. The monoisotopic (exact) mass is 442 g/mol. The van der Waals surface area contributed by atoms with Gasteiger partial charge < -0.3 is 10.1 Å². The minimum Gasteiger partial charge on any atom is -0.496 e. The number of benzene rings is 2. The summed E-state index contributed by atoms with van der Waals surface area (Å²) in [5.74, 6) is 0.648. The van der Waals surface area contributed by atoms with Gasteiger partial charge in [-0.3, -0.25) is 4.79 Å². The fourth-order valence-corrected chi connectivity index (χ4v) is 4.98. The van der Waals surface area contributed by atoms with Crippen molar-refractivity contribution in [1.29, 1.82) is 0 Å². The van der Waals surface area contributed by atoms with Crippen LogP contribution in [0.1, 0.15) is 29.5 Å². The first-order chi connectivity index (χ1) is 14.9. The average molecular weight is 443 g/mol. The van der Waals surface area contributed by atoms with Gasteiger partial charge in [0.25, 0.3) is 0 Å². The number of carbonyl (C=O) groups is 1. The molecule has 1 heterocycles. The van der Waals surface area contributed by atoms with E-state index in [-0.39, 0.29) is 11.8 Å². The van der Waals surface area contributed by atoms with E-state index in [0.29, 0.717) is 38.9 Å². The van der Waals surface area contributed by atoms with E-state index in [4.69, 9.17) is 4.74 Å². The maximum absolute atomic E-state index is 12.6. The zero-order chi connectivity index (χ0) is 22.3. The van der Waals surface area contributed by atoms with Crippen molar-refractivity contribution in [2.24, 2.45) is 5.92 Å².